The summed E-state index contributed by atoms with van der Waals surface area (Å²) in [7, 11) is 0. The summed E-state index contributed by atoms with van der Waals surface area (Å²) in [6.45, 7) is 1.60. The van der Waals surface area contributed by atoms with Crippen molar-refractivity contribution in [2.24, 2.45) is 0 Å². The zero-order valence-electron chi connectivity index (χ0n) is 10.5. The Kier molecular flexibility index (Phi) is 3.46. The van der Waals surface area contributed by atoms with E-state index in [-0.39, 0.29) is 5.91 Å². The van der Waals surface area contributed by atoms with E-state index in [1.807, 2.05) is 40.9 Å². The molecule has 3 rings (SSSR count). The molecule has 0 bridgehead atoms. The molecule has 1 fully saturated rings. The van der Waals surface area contributed by atoms with Crippen LogP contribution in [0.2, 0.25) is 0 Å². The number of nitrogens with one attached hydrogen (secondary N) is 1. The monoisotopic (exact) mass is 273 g/mol. The number of carbonyl (C=O) groups excluding carboxylic acids is 1. The van der Waals surface area contributed by atoms with Crippen molar-refractivity contribution in [1.29, 1.82) is 0 Å². The summed E-state index contributed by atoms with van der Waals surface area (Å²) in [4.78, 5) is 18.8. The second-order valence-electron chi connectivity index (χ2n) is 4.52. The SMILES string of the molecule is O=C1CCCN1c1cccc(NCc2cncs2)c1. The van der Waals surface area contributed by atoms with Crippen LogP contribution in [0.3, 0.4) is 0 Å². The van der Waals surface area contributed by atoms with Crippen LogP contribution in [0.4, 0.5) is 11.4 Å². The highest BCUT2D eigenvalue weighted by molar-refractivity contribution is 7.09. The van der Waals surface area contributed by atoms with Crippen molar-refractivity contribution in [1.82, 2.24) is 4.98 Å². The first-order chi connectivity index (χ1) is 9.33. The molecule has 0 saturated carbocycles. The van der Waals surface area contributed by atoms with Crippen LogP contribution in [0.25, 0.3) is 0 Å². The molecule has 19 heavy (non-hydrogen) atoms. The van der Waals surface area contributed by atoms with Crippen LogP contribution in [0.1, 0.15) is 17.7 Å². The summed E-state index contributed by atoms with van der Waals surface area (Å²) in [5, 5.41) is 3.36. The van der Waals surface area contributed by atoms with E-state index in [1.165, 1.54) is 4.88 Å². The van der Waals surface area contributed by atoms with Gasteiger partial charge in [-0.15, -0.1) is 11.3 Å². The van der Waals surface area contributed by atoms with Crippen molar-refractivity contribution >= 4 is 28.6 Å². The minimum absolute atomic E-state index is 0.222. The zero-order chi connectivity index (χ0) is 13.1. The standard InChI is InChI=1S/C14H15N3OS/c18-14-5-2-6-17(14)12-4-1-3-11(7-12)16-9-13-8-15-10-19-13/h1,3-4,7-8,10,16H,2,5-6,9H2. The molecule has 0 radical (unpaired) electrons. The fourth-order valence-electron chi connectivity index (χ4n) is 2.22. The first kappa shape index (κ1) is 12.2. The van der Waals surface area contributed by atoms with Crippen molar-refractivity contribution < 1.29 is 4.79 Å². The van der Waals surface area contributed by atoms with E-state index in [2.05, 4.69) is 10.3 Å². The maximum Gasteiger partial charge on any atom is 0.227 e. The summed E-state index contributed by atoms with van der Waals surface area (Å²) in [6.07, 6.45) is 3.49. The van der Waals surface area contributed by atoms with Gasteiger partial charge in [0.1, 0.15) is 0 Å². The number of amides is 1. The van der Waals surface area contributed by atoms with Gasteiger partial charge >= 0.3 is 0 Å². The molecule has 0 aliphatic carbocycles. The smallest absolute Gasteiger partial charge is 0.227 e. The van der Waals surface area contributed by atoms with Gasteiger partial charge in [0.05, 0.1) is 12.1 Å². The van der Waals surface area contributed by atoms with E-state index >= 15 is 0 Å². The highest BCUT2D eigenvalue weighted by Crippen LogP contribution is 2.24. The topological polar surface area (TPSA) is 45.2 Å². The van der Waals surface area contributed by atoms with Crippen LogP contribution >= 0.6 is 11.3 Å². The van der Waals surface area contributed by atoms with Crippen LogP contribution in [0, 0.1) is 0 Å². The molecule has 1 aliphatic heterocycles. The van der Waals surface area contributed by atoms with Gasteiger partial charge in [0.2, 0.25) is 5.91 Å². The molecular weight excluding hydrogens is 258 g/mol. The van der Waals surface area contributed by atoms with Gasteiger partial charge in [-0.2, -0.15) is 0 Å². The van der Waals surface area contributed by atoms with Crippen LogP contribution in [-0.4, -0.2) is 17.4 Å². The lowest BCUT2D eigenvalue weighted by Crippen LogP contribution is -2.23. The second-order valence-corrected chi connectivity index (χ2v) is 5.49. The van der Waals surface area contributed by atoms with E-state index in [1.54, 1.807) is 11.3 Å². The molecule has 1 amide bonds. The van der Waals surface area contributed by atoms with E-state index in [4.69, 9.17) is 0 Å². The van der Waals surface area contributed by atoms with Gasteiger partial charge < -0.3 is 10.2 Å². The average Bonchev–Trinajstić information content (AvgIpc) is 3.08. The highest BCUT2D eigenvalue weighted by atomic mass is 32.1. The van der Waals surface area contributed by atoms with Crippen LogP contribution in [0.15, 0.2) is 36.0 Å². The van der Waals surface area contributed by atoms with E-state index < -0.39 is 0 Å². The number of benzene rings is 1. The third-order valence-electron chi connectivity index (χ3n) is 3.18. The second kappa shape index (κ2) is 5.40. The maximum atomic E-state index is 11.7. The van der Waals surface area contributed by atoms with Crippen LogP contribution < -0.4 is 10.2 Å². The van der Waals surface area contributed by atoms with Crippen molar-refractivity contribution in [2.75, 3.05) is 16.8 Å². The van der Waals surface area contributed by atoms with Crippen LogP contribution in [-0.2, 0) is 11.3 Å². The van der Waals surface area contributed by atoms with Crippen molar-refractivity contribution in [3.05, 3.63) is 40.8 Å². The van der Waals surface area contributed by atoms with E-state index in [0.29, 0.717) is 6.42 Å². The lowest BCUT2D eigenvalue weighted by Gasteiger charge is -2.16. The molecule has 0 unspecified atom stereocenters. The van der Waals surface area contributed by atoms with Crippen LogP contribution in [0.5, 0.6) is 0 Å². The van der Waals surface area contributed by atoms with Gasteiger partial charge in [-0.05, 0) is 24.6 Å². The number of hydrogen-bond donors (Lipinski definition) is 1. The molecule has 1 aliphatic rings. The predicted molar refractivity (Wildman–Crippen MR) is 77.5 cm³/mol. The first-order valence-electron chi connectivity index (χ1n) is 6.34. The first-order valence-corrected chi connectivity index (χ1v) is 7.22. The number of carbonyl (C=O) groups is 1. The molecule has 5 heteroatoms. The molecule has 4 nitrogen and oxygen atoms in total. The van der Waals surface area contributed by atoms with Gasteiger partial charge in [-0.3, -0.25) is 9.78 Å². The summed E-state index contributed by atoms with van der Waals surface area (Å²) in [6, 6.07) is 8.02. The quantitative estimate of drug-likeness (QED) is 0.931. The molecule has 0 atom stereocenters. The zero-order valence-corrected chi connectivity index (χ0v) is 11.3. The summed E-state index contributed by atoms with van der Waals surface area (Å²) in [5.41, 5.74) is 3.85. The minimum Gasteiger partial charge on any atom is -0.380 e. The Morgan fingerprint density at radius 3 is 3.11 bits per heavy atom. The van der Waals surface area contributed by atoms with Crippen molar-refractivity contribution in [3.8, 4) is 0 Å². The highest BCUT2D eigenvalue weighted by Gasteiger charge is 2.21. The molecule has 1 aromatic heterocycles. The third-order valence-corrected chi connectivity index (χ3v) is 3.96. The molecule has 0 spiro atoms. The number of rotatable bonds is 4. The Morgan fingerprint density at radius 1 is 1.42 bits per heavy atom. The van der Waals surface area contributed by atoms with Crippen molar-refractivity contribution in [3.63, 3.8) is 0 Å². The number of aromatic nitrogens is 1. The van der Waals surface area contributed by atoms with Gasteiger partial charge in [0.25, 0.3) is 0 Å². The normalized spacial score (nSPS) is 14.9. The number of thiazole rings is 1. The predicted octanol–water partition coefficient (Wildman–Crippen LogP) is 2.88. The summed E-state index contributed by atoms with van der Waals surface area (Å²) >= 11 is 1.63. The molecule has 1 aromatic carbocycles. The minimum atomic E-state index is 0.222. The molecule has 98 valence electrons. The Balaban J connectivity index is 1.71. The molecule has 2 heterocycles. The van der Waals surface area contributed by atoms with Crippen molar-refractivity contribution in [2.45, 2.75) is 19.4 Å². The van der Waals surface area contributed by atoms with Gasteiger partial charge in [-0.1, -0.05) is 6.07 Å². The molecular formula is C14H15N3OS. The maximum absolute atomic E-state index is 11.7. The average molecular weight is 273 g/mol. The van der Waals surface area contributed by atoms with E-state index in [0.717, 1.165) is 30.9 Å². The molecule has 1 N–H and O–H groups in total. The molecule has 2 aromatic rings. The summed E-state index contributed by atoms with van der Waals surface area (Å²) < 4.78 is 0. The largest absolute Gasteiger partial charge is 0.380 e. The Labute approximate surface area is 116 Å². The van der Waals surface area contributed by atoms with Gasteiger partial charge in [-0.25, -0.2) is 0 Å². The molecule has 1 saturated heterocycles. The Bertz CT molecular complexity index is 568. The summed E-state index contributed by atoms with van der Waals surface area (Å²) in [5.74, 6) is 0.222. The number of hydrogen-bond acceptors (Lipinski definition) is 4. The number of nitrogens with zero attached hydrogens (tertiary/aromatic N) is 2. The van der Waals surface area contributed by atoms with Gasteiger partial charge in [0.15, 0.2) is 0 Å². The van der Waals surface area contributed by atoms with Gasteiger partial charge in [0, 0.05) is 35.4 Å². The lowest BCUT2D eigenvalue weighted by molar-refractivity contribution is -0.117. The fraction of sp³-hybridized carbons (Fsp3) is 0.286. The third kappa shape index (κ3) is 2.76. The Morgan fingerprint density at radius 2 is 2.37 bits per heavy atom. The number of anilines is 2. The lowest BCUT2D eigenvalue weighted by atomic mass is 10.2. The fourth-order valence-corrected chi connectivity index (χ4v) is 2.76. The Hall–Kier alpha value is -1.88. The van der Waals surface area contributed by atoms with E-state index in [9.17, 15) is 4.79 Å².